The van der Waals surface area contributed by atoms with Gasteiger partial charge in [-0.1, -0.05) is 49.5 Å². The number of hydrogen-bond donors (Lipinski definition) is 0. The molecule has 0 amide bonds. The number of benzene rings is 1. The molecule has 0 aromatic heterocycles. The van der Waals surface area contributed by atoms with E-state index in [1.165, 1.54) is 11.1 Å². The lowest BCUT2D eigenvalue weighted by Gasteiger charge is -2.28. The van der Waals surface area contributed by atoms with Crippen molar-refractivity contribution in [3.05, 3.63) is 35.4 Å². The molecule has 19 heavy (non-hydrogen) atoms. The zero-order chi connectivity index (χ0) is 14.5. The van der Waals surface area contributed by atoms with Gasteiger partial charge in [-0.25, -0.2) is 0 Å². The molecular formula is C16H26O2Si. The quantitative estimate of drug-likeness (QED) is 0.576. The minimum atomic E-state index is -1.38. The zero-order valence-corrected chi connectivity index (χ0v) is 13.8. The first-order valence-corrected chi connectivity index (χ1v) is 10.6. The molecular weight excluding hydrogens is 252 g/mol. The highest BCUT2D eigenvalue weighted by atomic mass is 28.3. The Morgan fingerprint density at radius 2 is 1.79 bits per heavy atom. The largest absolute Gasteiger partial charge is 0.466 e. The predicted octanol–water partition coefficient (Wildman–Crippen LogP) is 4.20. The molecule has 2 nitrogen and oxygen atoms in total. The van der Waals surface area contributed by atoms with Gasteiger partial charge in [0.05, 0.1) is 6.61 Å². The van der Waals surface area contributed by atoms with Crippen LogP contribution < -0.4 is 0 Å². The van der Waals surface area contributed by atoms with Crippen molar-refractivity contribution in [3.63, 3.8) is 0 Å². The monoisotopic (exact) mass is 278 g/mol. The second-order valence-corrected chi connectivity index (χ2v) is 11.8. The van der Waals surface area contributed by atoms with Crippen LogP contribution in [0.2, 0.25) is 25.2 Å². The molecule has 0 aliphatic rings. The van der Waals surface area contributed by atoms with E-state index < -0.39 is 8.07 Å². The van der Waals surface area contributed by atoms with E-state index >= 15 is 0 Å². The van der Waals surface area contributed by atoms with Crippen LogP contribution in [0.5, 0.6) is 0 Å². The summed E-state index contributed by atoms with van der Waals surface area (Å²) in [7, 11) is -1.38. The SMILES string of the molecule is CCOC(=O)CC(Cc1ccc(C)cc1)[Si](C)(C)C. The maximum absolute atomic E-state index is 11.7. The highest BCUT2D eigenvalue weighted by molar-refractivity contribution is 6.77. The highest BCUT2D eigenvalue weighted by Crippen LogP contribution is 2.30. The first kappa shape index (κ1) is 16.0. The van der Waals surface area contributed by atoms with Crippen LogP contribution in [-0.4, -0.2) is 20.7 Å². The van der Waals surface area contributed by atoms with E-state index in [0.29, 0.717) is 18.6 Å². The summed E-state index contributed by atoms with van der Waals surface area (Å²) in [5, 5.41) is 0. The summed E-state index contributed by atoms with van der Waals surface area (Å²) >= 11 is 0. The minimum absolute atomic E-state index is 0.0537. The third-order valence-corrected chi connectivity index (χ3v) is 6.40. The molecule has 1 aromatic carbocycles. The molecule has 0 saturated heterocycles. The molecule has 1 atom stereocenters. The summed E-state index contributed by atoms with van der Waals surface area (Å²) < 4.78 is 5.11. The Morgan fingerprint density at radius 1 is 1.21 bits per heavy atom. The molecule has 0 radical (unpaired) electrons. The molecule has 1 rings (SSSR count). The first-order valence-electron chi connectivity index (χ1n) is 7.04. The molecule has 0 aliphatic carbocycles. The number of ether oxygens (including phenoxy) is 1. The molecule has 106 valence electrons. The van der Waals surface area contributed by atoms with E-state index in [0.717, 1.165) is 6.42 Å². The van der Waals surface area contributed by atoms with Crippen LogP contribution in [0.3, 0.4) is 0 Å². The van der Waals surface area contributed by atoms with Gasteiger partial charge in [0.1, 0.15) is 0 Å². The average molecular weight is 278 g/mol. The van der Waals surface area contributed by atoms with Crippen LogP contribution in [0, 0.1) is 6.92 Å². The molecule has 0 N–H and O–H groups in total. The predicted molar refractivity (Wildman–Crippen MR) is 83.2 cm³/mol. The molecule has 1 unspecified atom stereocenters. The van der Waals surface area contributed by atoms with Crippen molar-refractivity contribution in [2.75, 3.05) is 6.61 Å². The van der Waals surface area contributed by atoms with Crippen LogP contribution in [0.25, 0.3) is 0 Å². The van der Waals surface area contributed by atoms with Gasteiger partial charge in [0, 0.05) is 14.5 Å². The van der Waals surface area contributed by atoms with Gasteiger partial charge in [-0.05, 0) is 31.4 Å². The number of carbonyl (C=O) groups excluding carboxylic acids is 1. The summed E-state index contributed by atoms with van der Waals surface area (Å²) in [5.74, 6) is -0.0537. The van der Waals surface area contributed by atoms with Gasteiger partial charge < -0.3 is 4.74 Å². The van der Waals surface area contributed by atoms with E-state index in [1.807, 2.05) is 6.92 Å². The van der Waals surface area contributed by atoms with E-state index in [9.17, 15) is 4.79 Å². The van der Waals surface area contributed by atoms with Crippen molar-refractivity contribution >= 4 is 14.0 Å². The summed E-state index contributed by atoms with van der Waals surface area (Å²) in [5.41, 5.74) is 3.04. The Hall–Kier alpha value is -1.09. The van der Waals surface area contributed by atoms with Crippen molar-refractivity contribution in [1.82, 2.24) is 0 Å². The Labute approximate surface area is 118 Å². The van der Waals surface area contributed by atoms with Crippen molar-refractivity contribution in [3.8, 4) is 0 Å². The van der Waals surface area contributed by atoms with E-state index in [4.69, 9.17) is 4.74 Å². The van der Waals surface area contributed by atoms with E-state index in [-0.39, 0.29) is 5.97 Å². The fourth-order valence-corrected chi connectivity index (χ4v) is 3.74. The van der Waals surface area contributed by atoms with Crippen molar-refractivity contribution in [1.29, 1.82) is 0 Å². The smallest absolute Gasteiger partial charge is 0.305 e. The molecule has 0 spiro atoms. The van der Waals surface area contributed by atoms with Gasteiger partial charge in [-0.2, -0.15) is 0 Å². The molecule has 0 bridgehead atoms. The number of esters is 1. The van der Waals surface area contributed by atoms with E-state index in [1.54, 1.807) is 0 Å². The lowest BCUT2D eigenvalue weighted by Crippen LogP contribution is -2.31. The third-order valence-electron chi connectivity index (χ3n) is 3.55. The number of rotatable bonds is 6. The first-order chi connectivity index (χ1) is 8.82. The van der Waals surface area contributed by atoms with Crippen LogP contribution in [0.4, 0.5) is 0 Å². The van der Waals surface area contributed by atoms with Crippen molar-refractivity contribution in [2.45, 2.75) is 51.9 Å². The van der Waals surface area contributed by atoms with Gasteiger partial charge in [0.25, 0.3) is 0 Å². The third kappa shape index (κ3) is 5.60. The summed E-state index contributed by atoms with van der Waals surface area (Å²) in [6.45, 7) is 11.4. The lowest BCUT2D eigenvalue weighted by atomic mass is 10.1. The van der Waals surface area contributed by atoms with Crippen molar-refractivity contribution in [2.24, 2.45) is 0 Å². The second-order valence-electron chi connectivity index (χ2n) is 6.26. The van der Waals surface area contributed by atoms with Crippen LogP contribution in [-0.2, 0) is 16.0 Å². The molecule has 1 aromatic rings. The van der Waals surface area contributed by atoms with Crippen LogP contribution in [0.15, 0.2) is 24.3 Å². The lowest BCUT2D eigenvalue weighted by molar-refractivity contribution is -0.143. The standard InChI is InChI=1S/C16H26O2Si/c1-6-18-16(17)12-15(19(3,4)5)11-14-9-7-13(2)8-10-14/h7-10,15H,6,11-12H2,1-5H3. The van der Waals surface area contributed by atoms with Crippen LogP contribution in [0.1, 0.15) is 24.5 Å². The zero-order valence-electron chi connectivity index (χ0n) is 12.8. The van der Waals surface area contributed by atoms with Gasteiger partial charge in [0.2, 0.25) is 0 Å². The van der Waals surface area contributed by atoms with Gasteiger partial charge >= 0.3 is 5.97 Å². The Balaban J connectivity index is 2.75. The number of hydrogen-bond acceptors (Lipinski definition) is 2. The van der Waals surface area contributed by atoms with E-state index in [2.05, 4.69) is 50.8 Å². The van der Waals surface area contributed by atoms with Gasteiger partial charge in [0.15, 0.2) is 0 Å². The molecule has 0 fully saturated rings. The molecule has 0 heterocycles. The Morgan fingerprint density at radius 3 is 2.26 bits per heavy atom. The summed E-state index contributed by atoms with van der Waals surface area (Å²) in [6.07, 6.45) is 1.53. The van der Waals surface area contributed by atoms with Gasteiger partial charge in [-0.3, -0.25) is 4.79 Å². The highest BCUT2D eigenvalue weighted by Gasteiger charge is 2.29. The normalized spacial score (nSPS) is 13.1. The fourth-order valence-electron chi connectivity index (χ4n) is 2.11. The fraction of sp³-hybridized carbons (Fsp3) is 0.562. The maximum Gasteiger partial charge on any atom is 0.305 e. The maximum atomic E-state index is 11.7. The molecule has 0 aliphatic heterocycles. The number of carbonyl (C=O) groups is 1. The Bertz CT molecular complexity index is 404. The van der Waals surface area contributed by atoms with Crippen molar-refractivity contribution < 1.29 is 9.53 Å². The number of aryl methyl sites for hydroxylation is 1. The average Bonchev–Trinajstić information content (AvgIpc) is 2.30. The topological polar surface area (TPSA) is 26.3 Å². The second kappa shape index (κ2) is 6.90. The minimum Gasteiger partial charge on any atom is -0.466 e. The summed E-state index contributed by atoms with van der Waals surface area (Å²) in [4.78, 5) is 11.7. The molecule has 3 heteroatoms. The van der Waals surface area contributed by atoms with Crippen LogP contribution >= 0.6 is 0 Å². The summed E-state index contributed by atoms with van der Waals surface area (Å²) in [6, 6.07) is 8.63. The van der Waals surface area contributed by atoms with Gasteiger partial charge in [-0.15, -0.1) is 0 Å². The Kier molecular flexibility index (Phi) is 5.79. The molecule has 0 saturated carbocycles.